The SMILES string of the molecule is COC(=O)[C@H](N)c1ccc(F)c([N+](=O)[O-])c1.Cl. The molecule has 1 rings (SSSR count). The van der Waals surface area contributed by atoms with E-state index < -0.39 is 28.4 Å². The van der Waals surface area contributed by atoms with E-state index in [9.17, 15) is 19.3 Å². The maximum Gasteiger partial charge on any atom is 0.327 e. The molecule has 8 heteroatoms. The van der Waals surface area contributed by atoms with Gasteiger partial charge in [-0.3, -0.25) is 14.9 Å². The molecule has 0 bridgehead atoms. The van der Waals surface area contributed by atoms with Gasteiger partial charge >= 0.3 is 11.7 Å². The van der Waals surface area contributed by atoms with Gasteiger partial charge in [0.1, 0.15) is 6.04 Å². The first-order valence-corrected chi connectivity index (χ1v) is 4.24. The second-order valence-electron chi connectivity index (χ2n) is 2.97. The largest absolute Gasteiger partial charge is 0.468 e. The number of carbonyl (C=O) groups is 1. The Balaban J connectivity index is 0.00000256. The Labute approximate surface area is 102 Å². The normalized spacial score (nSPS) is 11.2. The molecule has 94 valence electrons. The van der Waals surface area contributed by atoms with E-state index in [1.54, 1.807) is 0 Å². The summed E-state index contributed by atoms with van der Waals surface area (Å²) >= 11 is 0. The Bertz CT molecular complexity index is 441. The number of nitro groups is 1. The highest BCUT2D eigenvalue weighted by atomic mass is 35.5. The first kappa shape index (κ1) is 15.3. The summed E-state index contributed by atoms with van der Waals surface area (Å²) in [6.07, 6.45) is 0. The van der Waals surface area contributed by atoms with E-state index in [0.29, 0.717) is 0 Å². The van der Waals surface area contributed by atoms with E-state index in [1.807, 2.05) is 0 Å². The molecule has 0 aromatic heterocycles. The maximum absolute atomic E-state index is 13.0. The molecule has 1 atom stereocenters. The van der Waals surface area contributed by atoms with Crippen LogP contribution in [0, 0.1) is 15.9 Å². The summed E-state index contributed by atoms with van der Waals surface area (Å²) in [5, 5.41) is 10.4. The van der Waals surface area contributed by atoms with E-state index in [-0.39, 0.29) is 18.0 Å². The quantitative estimate of drug-likeness (QED) is 0.505. The second kappa shape index (κ2) is 6.12. The van der Waals surface area contributed by atoms with Crippen LogP contribution in [0.25, 0.3) is 0 Å². The number of nitrogens with zero attached hydrogens (tertiary/aromatic N) is 1. The standard InChI is InChI=1S/C9H9FN2O4.ClH/c1-16-9(13)8(11)5-2-3-6(10)7(4-5)12(14)15;/h2-4,8H,11H2,1H3;1H/t8-;/m1./s1. The van der Waals surface area contributed by atoms with E-state index in [1.165, 1.54) is 6.07 Å². The molecule has 1 aromatic carbocycles. The van der Waals surface area contributed by atoms with Crippen molar-refractivity contribution in [2.75, 3.05) is 7.11 Å². The van der Waals surface area contributed by atoms with Crippen LogP contribution in [0.3, 0.4) is 0 Å². The fourth-order valence-corrected chi connectivity index (χ4v) is 1.13. The lowest BCUT2D eigenvalue weighted by molar-refractivity contribution is -0.387. The smallest absolute Gasteiger partial charge is 0.327 e. The third-order valence-electron chi connectivity index (χ3n) is 1.98. The van der Waals surface area contributed by atoms with Crippen LogP contribution in [-0.4, -0.2) is 18.0 Å². The molecule has 0 fully saturated rings. The third kappa shape index (κ3) is 3.36. The van der Waals surface area contributed by atoms with Gasteiger partial charge in [-0.15, -0.1) is 12.4 Å². The molecule has 6 nitrogen and oxygen atoms in total. The van der Waals surface area contributed by atoms with Gasteiger partial charge in [0.2, 0.25) is 5.82 Å². The number of benzene rings is 1. The van der Waals surface area contributed by atoms with Gasteiger partial charge in [0.05, 0.1) is 12.0 Å². The molecule has 0 saturated heterocycles. The van der Waals surface area contributed by atoms with Crippen molar-refractivity contribution >= 4 is 24.1 Å². The van der Waals surface area contributed by atoms with Gasteiger partial charge in [-0.1, -0.05) is 6.07 Å². The predicted octanol–water partition coefficient (Wildman–Crippen LogP) is 1.33. The van der Waals surface area contributed by atoms with Crippen molar-refractivity contribution in [3.63, 3.8) is 0 Å². The first-order valence-electron chi connectivity index (χ1n) is 4.24. The predicted molar refractivity (Wildman–Crippen MR) is 59.2 cm³/mol. The zero-order chi connectivity index (χ0) is 12.3. The summed E-state index contributed by atoms with van der Waals surface area (Å²) in [6.45, 7) is 0. The molecule has 0 heterocycles. The van der Waals surface area contributed by atoms with E-state index in [0.717, 1.165) is 19.2 Å². The Hall–Kier alpha value is -1.73. The molecule has 1 aromatic rings. The number of hydrogen-bond acceptors (Lipinski definition) is 5. The van der Waals surface area contributed by atoms with Gasteiger partial charge in [-0.2, -0.15) is 4.39 Å². The lowest BCUT2D eigenvalue weighted by atomic mass is 10.1. The summed E-state index contributed by atoms with van der Waals surface area (Å²) in [7, 11) is 1.14. The number of hydrogen-bond donors (Lipinski definition) is 1. The highest BCUT2D eigenvalue weighted by molar-refractivity contribution is 5.85. The number of nitrogens with two attached hydrogens (primary N) is 1. The minimum absolute atomic E-state index is 0. The van der Waals surface area contributed by atoms with Gasteiger partial charge in [-0.25, -0.2) is 0 Å². The fourth-order valence-electron chi connectivity index (χ4n) is 1.13. The van der Waals surface area contributed by atoms with Crippen molar-refractivity contribution in [3.8, 4) is 0 Å². The van der Waals surface area contributed by atoms with Gasteiger partial charge in [0.25, 0.3) is 0 Å². The minimum Gasteiger partial charge on any atom is -0.468 e. The van der Waals surface area contributed by atoms with E-state index in [2.05, 4.69) is 4.74 Å². The van der Waals surface area contributed by atoms with Crippen molar-refractivity contribution in [2.45, 2.75) is 6.04 Å². The molecule has 0 aliphatic heterocycles. The topological polar surface area (TPSA) is 95.5 Å². The Morgan fingerprint density at radius 3 is 2.65 bits per heavy atom. The Morgan fingerprint density at radius 2 is 2.18 bits per heavy atom. The van der Waals surface area contributed by atoms with Crippen LogP contribution in [-0.2, 0) is 9.53 Å². The van der Waals surface area contributed by atoms with Crippen molar-refractivity contribution < 1.29 is 18.8 Å². The Kier molecular flexibility index (Phi) is 5.49. The number of halogens is 2. The zero-order valence-corrected chi connectivity index (χ0v) is 9.57. The third-order valence-corrected chi connectivity index (χ3v) is 1.98. The number of methoxy groups -OCH3 is 1. The molecular formula is C9H10ClFN2O4. The van der Waals surface area contributed by atoms with Crippen LogP contribution in [0.15, 0.2) is 18.2 Å². The van der Waals surface area contributed by atoms with Gasteiger partial charge < -0.3 is 10.5 Å². The summed E-state index contributed by atoms with van der Waals surface area (Å²) in [5.41, 5.74) is 4.85. The van der Waals surface area contributed by atoms with Crippen molar-refractivity contribution in [2.24, 2.45) is 5.73 Å². The molecule has 0 radical (unpaired) electrons. The molecule has 0 spiro atoms. The molecule has 0 aliphatic carbocycles. The van der Waals surface area contributed by atoms with Crippen molar-refractivity contribution in [1.29, 1.82) is 0 Å². The minimum atomic E-state index is -1.16. The first-order chi connectivity index (χ1) is 7.47. The van der Waals surface area contributed by atoms with Crippen LogP contribution in [0.2, 0.25) is 0 Å². The summed E-state index contributed by atoms with van der Waals surface area (Å²) < 4.78 is 17.3. The van der Waals surface area contributed by atoms with Crippen LogP contribution >= 0.6 is 12.4 Å². The van der Waals surface area contributed by atoms with Crippen LogP contribution in [0.1, 0.15) is 11.6 Å². The van der Waals surface area contributed by atoms with Crippen LogP contribution < -0.4 is 5.73 Å². The molecule has 0 amide bonds. The highest BCUT2D eigenvalue weighted by Gasteiger charge is 2.21. The van der Waals surface area contributed by atoms with Crippen molar-refractivity contribution in [3.05, 3.63) is 39.7 Å². The lowest BCUT2D eigenvalue weighted by Gasteiger charge is -2.09. The summed E-state index contributed by atoms with van der Waals surface area (Å²) in [6, 6.07) is 1.83. The van der Waals surface area contributed by atoms with Crippen LogP contribution in [0.5, 0.6) is 0 Å². The van der Waals surface area contributed by atoms with Gasteiger partial charge in [0.15, 0.2) is 0 Å². The molecule has 0 aliphatic rings. The summed E-state index contributed by atoms with van der Waals surface area (Å²) in [5.74, 6) is -1.73. The highest BCUT2D eigenvalue weighted by Crippen LogP contribution is 2.22. The number of esters is 1. The number of nitro benzene ring substituents is 1. The van der Waals surface area contributed by atoms with Crippen LogP contribution in [0.4, 0.5) is 10.1 Å². The molecule has 17 heavy (non-hydrogen) atoms. The molecule has 0 saturated carbocycles. The second-order valence-corrected chi connectivity index (χ2v) is 2.97. The summed E-state index contributed by atoms with van der Waals surface area (Å²) in [4.78, 5) is 20.6. The van der Waals surface area contributed by atoms with E-state index >= 15 is 0 Å². The van der Waals surface area contributed by atoms with Gasteiger partial charge in [-0.05, 0) is 11.6 Å². The lowest BCUT2D eigenvalue weighted by Crippen LogP contribution is -2.22. The zero-order valence-electron chi connectivity index (χ0n) is 8.75. The monoisotopic (exact) mass is 264 g/mol. The molecule has 2 N–H and O–H groups in total. The average molecular weight is 265 g/mol. The number of carbonyl (C=O) groups excluding carboxylic acids is 1. The van der Waals surface area contributed by atoms with E-state index in [4.69, 9.17) is 5.73 Å². The number of rotatable bonds is 3. The number of ether oxygens (including phenoxy) is 1. The fraction of sp³-hybridized carbons (Fsp3) is 0.222. The molecule has 0 unspecified atom stereocenters. The maximum atomic E-state index is 13.0. The van der Waals surface area contributed by atoms with Gasteiger partial charge in [0, 0.05) is 6.07 Å². The Morgan fingerprint density at radius 1 is 1.59 bits per heavy atom. The average Bonchev–Trinajstić information content (AvgIpc) is 2.27. The van der Waals surface area contributed by atoms with Crippen molar-refractivity contribution in [1.82, 2.24) is 0 Å². The molecular weight excluding hydrogens is 255 g/mol.